The zero-order valence-corrected chi connectivity index (χ0v) is 10.5. The lowest BCUT2D eigenvalue weighted by Gasteiger charge is -2.28. The topological polar surface area (TPSA) is 12.0 Å². The van der Waals surface area contributed by atoms with E-state index in [1.165, 1.54) is 30.9 Å². The Kier molecular flexibility index (Phi) is 7.87. The molecule has 1 atom stereocenters. The second kappa shape index (κ2) is 7.69. The molecular formula is C11H25NS. The van der Waals surface area contributed by atoms with Crippen LogP contribution in [0.2, 0.25) is 0 Å². The van der Waals surface area contributed by atoms with E-state index in [1.54, 1.807) is 0 Å². The maximum atomic E-state index is 3.46. The van der Waals surface area contributed by atoms with Gasteiger partial charge in [0.2, 0.25) is 0 Å². The van der Waals surface area contributed by atoms with Gasteiger partial charge < -0.3 is 5.32 Å². The monoisotopic (exact) mass is 203 g/mol. The Labute approximate surface area is 88.1 Å². The Hall–Kier alpha value is 0.310. The molecule has 0 aromatic heterocycles. The van der Waals surface area contributed by atoms with Crippen molar-refractivity contribution in [2.75, 3.05) is 24.6 Å². The van der Waals surface area contributed by atoms with Crippen LogP contribution in [0.4, 0.5) is 0 Å². The highest BCUT2D eigenvalue weighted by molar-refractivity contribution is 7.99. The molecule has 1 nitrogen and oxygen atoms in total. The first-order valence-electron chi connectivity index (χ1n) is 5.47. The molecule has 0 rings (SSSR count). The van der Waals surface area contributed by atoms with Crippen molar-refractivity contribution in [2.24, 2.45) is 5.41 Å². The van der Waals surface area contributed by atoms with E-state index in [0.29, 0.717) is 5.41 Å². The van der Waals surface area contributed by atoms with Gasteiger partial charge in [-0.25, -0.2) is 0 Å². The largest absolute Gasteiger partial charge is 0.316 e. The van der Waals surface area contributed by atoms with Crippen molar-refractivity contribution in [1.29, 1.82) is 0 Å². The average molecular weight is 203 g/mol. The van der Waals surface area contributed by atoms with Crippen LogP contribution in [0.1, 0.15) is 40.5 Å². The number of nitrogens with one attached hydrogen (secondary N) is 1. The summed E-state index contributed by atoms with van der Waals surface area (Å²) in [5, 5.41) is 3.46. The molecule has 0 saturated carbocycles. The van der Waals surface area contributed by atoms with Crippen LogP contribution in [-0.4, -0.2) is 24.6 Å². The fraction of sp³-hybridized carbons (Fsp3) is 1.00. The van der Waals surface area contributed by atoms with Gasteiger partial charge >= 0.3 is 0 Å². The van der Waals surface area contributed by atoms with Gasteiger partial charge in [-0.2, -0.15) is 11.8 Å². The third kappa shape index (κ3) is 6.39. The summed E-state index contributed by atoms with van der Waals surface area (Å²) in [5.74, 6) is 2.56. The second-order valence-electron chi connectivity index (χ2n) is 3.89. The van der Waals surface area contributed by atoms with Crippen molar-refractivity contribution in [3.8, 4) is 0 Å². The van der Waals surface area contributed by atoms with Gasteiger partial charge in [-0.3, -0.25) is 0 Å². The lowest BCUT2D eigenvalue weighted by molar-refractivity contribution is 0.286. The molecule has 0 heterocycles. The van der Waals surface area contributed by atoms with Gasteiger partial charge in [0.05, 0.1) is 0 Å². The summed E-state index contributed by atoms with van der Waals surface area (Å²) < 4.78 is 0. The van der Waals surface area contributed by atoms with E-state index in [0.717, 1.165) is 6.54 Å². The van der Waals surface area contributed by atoms with Crippen molar-refractivity contribution in [1.82, 2.24) is 5.32 Å². The molecule has 2 heteroatoms. The quantitative estimate of drug-likeness (QED) is 0.608. The van der Waals surface area contributed by atoms with E-state index in [-0.39, 0.29) is 0 Å². The molecule has 80 valence electrons. The van der Waals surface area contributed by atoms with Crippen LogP contribution in [0, 0.1) is 5.41 Å². The predicted octanol–water partition coefficient (Wildman–Crippen LogP) is 3.16. The molecule has 0 saturated heterocycles. The summed E-state index contributed by atoms with van der Waals surface area (Å²) in [4.78, 5) is 0. The molecule has 0 aromatic rings. The maximum Gasteiger partial charge on any atom is 0.000524 e. The third-order valence-electron chi connectivity index (χ3n) is 2.71. The summed E-state index contributed by atoms with van der Waals surface area (Å²) >= 11 is 2.06. The molecule has 0 aliphatic heterocycles. The Balaban J connectivity index is 3.67. The molecule has 1 N–H and O–H groups in total. The minimum absolute atomic E-state index is 0.512. The Morgan fingerprint density at radius 1 is 1.23 bits per heavy atom. The van der Waals surface area contributed by atoms with Crippen molar-refractivity contribution in [3.63, 3.8) is 0 Å². The molecule has 0 amide bonds. The normalized spacial score (nSPS) is 15.7. The van der Waals surface area contributed by atoms with Gasteiger partial charge in [0.25, 0.3) is 0 Å². The van der Waals surface area contributed by atoms with Crippen LogP contribution in [-0.2, 0) is 0 Å². The smallest absolute Gasteiger partial charge is 0.000524 e. The van der Waals surface area contributed by atoms with Crippen molar-refractivity contribution >= 4 is 11.8 Å². The van der Waals surface area contributed by atoms with Crippen molar-refractivity contribution in [2.45, 2.75) is 40.5 Å². The zero-order chi connectivity index (χ0) is 10.2. The number of rotatable bonds is 8. The highest BCUT2D eigenvalue weighted by Gasteiger charge is 2.20. The number of hydrogen-bond donors (Lipinski definition) is 1. The number of hydrogen-bond acceptors (Lipinski definition) is 2. The Morgan fingerprint density at radius 2 is 1.92 bits per heavy atom. The molecule has 0 radical (unpaired) electrons. The van der Waals surface area contributed by atoms with Gasteiger partial charge in [0.1, 0.15) is 0 Å². The first kappa shape index (κ1) is 13.3. The van der Waals surface area contributed by atoms with Gasteiger partial charge in [0.15, 0.2) is 0 Å². The Bertz CT molecular complexity index is 117. The third-order valence-corrected chi connectivity index (χ3v) is 3.61. The fourth-order valence-corrected chi connectivity index (χ4v) is 2.21. The fourth-order valence-electron chi connectivity index (χ4n) is 1.28. The summed E-state index contributed by atoms with van der Waals surface area (Å²) in [5.41, 5.74) is 0.512. The highest BCUT2D eigenvalue weighted by atomic mass is 32.2. The summed E-state index contributed by atoms with van der Waals surface area (Å²) in [6.07, 6.45) is 2.62. The van der Waals surface area contributed by atoms with Gasteiger partial charge in [-0.1, -0.05) is 27.7 Å². The molecule has 0 fully saturated rings. The average Bonchev–Trinajstić information content (AvgIpc) is 2.15. The van der Waals surface area contributed by atoms with Crippen LogP contribution in [0.25, 0.3) is 0 Å². The zero-order valence-electron chi connectivity index (χ0n) is 9.65. The maximum absolute atomic E-state index is 3.46. The first-order chi connectivity index (χ1) is 6.18. The molecular weight excluding hydrogens is 178 g/mol. The van der Waals surface area contributed by atoms with E-state index < -0.39 is 0 Å². The standard InChI is InChI=1S/C11H25NS/c1-5-11(4,10-12-6-2)8-9-13-7-3/h12H,5-10H2,1-4H3. The molecule has 1 unspecified atom stereocenters. The molecule has 0 aromatic carbocycles. The van der Waals surface area contributed by atoms with E-state index in [2.05, 4.69) is 44.8 Å². The van der Waals surface area contributed by atoms with Crippen molar-refractivity contribution in [3.05, 3.63) is 0 Å². The summed E-state index contributed by atoms with van der Waals surface area (Å²) in [7, 11) is 0. The minimum Gasteiger partial charge on any atom is -0.316 e. The molecule has 0 spiro atoms. The SMILES string of the molecule is CCNCC(C)(CC)CCSCC. The van der Waals surface area contributed by atoms with Gasteiger partial charge in [-0.05, 0) is 36.3 Å². The molecule has 13 heavy (non-hydrogen) atoms. The van der Waals surface area contributed by atoms with E-state index in [9.17, 15) is 0 Å². The van der Waals surface area contributed by atoms with Gasteiger partial charge in [-0.15, -0.1) is 0 Å². The van der Waals surface area contributed by atoms with Crippen LogP contribution < -0.4 is 5.32 Å². The summed E-state index contributed by atoms with van der Waals surface area (Å²) in [6.45, 7) is 11.4. The van der Waals surface area contributed by atoms with Crippen LogP contribution in [0.15, 0.2) is 0 Å². The Morgan fingerprint density at radius 3 is 2.38 bits per heavy atom. The molecule has 0 aliphatic rings. The second-order valence-corrected chi connectivity index (χ2v) is 5.29. The lowest BCUT2D eigenvalue weighted by Crippen LogP contribution is -2.31. The lowest BCUT2D eigenvalue weighted by atomic mass is 9.85. The van der Waals surface area contributed by atoms with E-state index in [4.69, 9.17) is 0 Å². The van der Waals surface area contributed by atoms with Crippen LogP contribution in [0.5, 0.6) is 0 Å². The first-order valence-corrected chi connectivity index (χ1v) is 6.62. The molecule has 0 bridgehead atoms. The van der Waals surface area contributed by atoms with E-state index in [1.807, 2.05) is 0 Å². The summed E-state index contributed by atoms with van der Waals surface area (Å²) in [6, 6.07) is 0. The van der Waals surface area contributed by atoms with Crippen LogP contribution in [0.3, 0.4) is 0 Å². The number of thioether (sulfide) groups is 1. The highest BCUT2D eigenvalue weighted by Crippen LogP contribution is 2.26. The minimum atomic E-state index is 0.512. The van der Waals surface area contributed by atoms with Crippen molar-refractivity contribution < 1.29 is 0 Å². The van der Waals surface area contributed by atoms with Crippen LogP contribution >= 0.6 is 11.8 Å². The molecule has 0 aliphatic carbocycles. The predicted molar refractivity (Wildman–Crippen MR) is 64.6 cm³/mol. The van der Waals surface area contributed by atoms with Gasteiger partial charge in [0, 0.05) is 6.54 Å². The van der Waals surface area contributed by atoms with E-state index >= 15 is 0 Å².